The fraction of sp³-hybridized carbons (Fsp3) is 0.333. The van der Waals surface area contributed by atoms with E-state index in [1.807, 2.05) is 0 Å². The van der Waals surface area contributed by atoms with Crippen molar-refractivity contribution in [2.75, 3.05) is 0 Å². The van der Waals surface area contributed by atoms with Crippen molar-refractivity contribution in [3.8, 4) is 12.3 Å². The Morgan fingerprint density at radius 3 is 3.00 bits per heavy atom. The van der Waals surface area contributed by atoms with Crippen molar-refractivity contribution in [3.63, 3.8) is 0 Å². The summed E-state index contributed by atoms with van der Waals surface area (Å²) in [5, 5.41) is 2.34. The molecule has 0 aliphatic carbocycles. The van der Waals surface area contributed by atoms with E-state index in [4.69, 9.17) is 12.2 Å². The quantitative estimate of drug-likeness (QED) is 0.447. The maximum Gasteiger partial charge on any atom is 0.252 e. The topological polar surface area (TPSA) is 67.5 Å². The summed E-state index contributed by atoms with van der Waals surface area (Å²) >= 11 is 0. The van der Waals surface area contributed by atoms with Gasteiger partial charge in [-0.25, -0.2) is 4.99 Å². The van der Waals surface area contributed by atoms with Crippen LogP contribution in [0.15, 0.2) is 4.99 Å². The summed E-state index contributed by atoms with van der Waals surface area (Å²) in [5.41, 5.74) is 5.20. The zero-order chi connectivity index (χ0) is 7.56. The summed E-state index contributed by atoms with van der Waals surface area (Å²) in [5.74, 6) is 2.28. The number of hydrogen-bond donors (Lipinski definition) is 2. The maximum absolute atomic E-state index is 10.8. The van der Waals surface area contributed by atoms with Crippen LogP contribution >= 0.6 is 0 Å². The Hall–Kier alpha value is -1.50. The summed E-state index contributed by atoms with van der Waals surface area (Å²) in [6.45, 7) is 0. The lowest BCUT2D eigenvalue weighted by Crippen LogP contribution is -2.32. The first-order valence-electron chi connectivity index (χ1n) is 2.81. The molecule has 4 heteroatoms. The van der Waals surface area contributed by atoms with Crippen LogP contribution in [0.3, 0.4) is 0 Å². The molecule has 0 saturated carbocycles. The third-order valence-electron chi connectivity index (χ3n) is 1.16. The molecule has 3 N–H and O–H groups in total. The Labute approximate surface area is 58.5 Å². The average molecular weight is 137 g/mol. The lowest BCUT2D eigenvalue weighted by atomic mass is 10.2. The van der Waals surface area contributed by atoms with Gasteiger partial charge in [0.1, 0.15) is 6.04 Å². The Morgan fingerprint density at radius 1 is 1.90 bits per heavy atom. The molecule has 1 atom stereocenters. The number of nitrogens with zero attached hydrogens (tertiary/aromatic N) is 1. The summed E-state index contributed by atoms with van der Waals surface area (Å²) in [6, 6.07) is -0.468. The number of nitrogens with two attached hydrogens (primary N) is 1. The molecular formula is C6H7N3O. The molecule has 0 bridgehead atoms. The summed E-state index contributed by atoms with van der Waals surface area (Å²) in [6.07, 6.45) is 5.29. The monoisotopic (exact) mass is 137 g/mol. The average Bonchev–Trinajstić information content (AvgIpc) is 2.13. The highest BCUT2D eigenvalue weighted by Crippen LogP contribution is 2.01. The Balaban J connectivity index is 2.62. The third-order valence-corrected chi connectivity index (χ3v) is 1.16. The molecule has 52 valence electrons. The van der Waals surface area contributed by atoms with E-state index in [9.17, 15) is 4.79 Å². The standard InChI is InChI=1S/C6H7N3O/c1-2-3-4-5(10)9-6(7)8-4/h1,4H,3H2,(H3,7,8,9,10). The Kier molecular flexibility index (Phi) is 1.59. The summed E-state index contributed by atoms with van der Waals surface area (Å²) in [4.78, 5) is 14.5. The second-order valence-corrected chi connectivity index (χ2v) is 1.93. The molecule has 0 aromatic rings. The number of carbonyl (C=O) groups excluding carboxylic acids is 1. The number of terminal acetylenes is 1. The number of hydrogen-bond acceptors (Lipinski definition) is 3. The highest BCUT2D eigenvalue weighted by Gasteiger charge is 2.23. The van der Waals surface area contributed by atoms with Crippen LogP contribution in [0.25, 0.3) is 0 Å². The van der Waals surface area contributed by atoms with Gasteiger partial charge in [0.2, 0.25) is 0 Å². The predicted octanol–water partition coefficient (Wildman–Crippen LogP) is -1.18. The van der Waals surface area contributed by atoms with Crippen LogP contribution < -0.4 is 11.1 Å². The molecule has 0 spiro atoms. The first kappa shape index (κ1) is 6.62. The van der Waals surface area contributed by atoms with Gasteiger partial charge in [-0.2, -0.15) is 0 Å². The molecule has 10 heavy (non-hydrogen) atoms. The minimum absolute atomic E-state index is 0.158. The molecule has 1 amide bonds. The van der Waals surface area contributed by atoms with Gasteiger partial charge < -0.3 is 5.73 Å². The Morgan fingerprint density at radius 2 is 2.60 bits per heavy atom. The van der Waals surface area contributed by atoms with Crippen LogP contribution in [-0.4, -0.2) is 17.9 Å². The van der Waals surface area contributed by atoms with Crippen molar-refractivity contribution in [2.24, 2.45) is 10.7 Å². The van der Waals surface area contributed by atoms with Crippen LogP contribution in [0.1, 0.15) is 6.42 Å². The van der Waals surface area contributed by atoms with Gasteiger partial charge in [0.15, 0.2) is 5.96 Å². The molecule has 1 heterocycles. The molecular weight excluding hydrogens is 130 g/mol. The number of nitrogens with one attached hydrogen (secondary N) is 1. The number of guanidine groups is 1. The SMILES string of the molecule is C#CCC1N=C(N)NC1=O. The second kappa shape index (κ2) is 2.40. The number of rotatable bonds is 1. The van der Waals surface area contributed by atoms with Gasteiger partial charge in [-0.3, -0.25) is 10.1 Å². The van der Waals surface area contributed by atoms with Crippen molar-refractivity contribution >= 4 is 11.9 Å². The molecule has 0 aromatic heterocycles. The van der Waals surface area contributed by atoms with E-state index in [1.54, 1.807) is 0 Å². The van der Waals surface area contributed by atoms with Crippen molar-refractivity contribution < 1.29 is 4.79 Å². The third kappa shape index (κ3) is 1.08. The van der Waals surface area contributed by atoms with Gasteiger partial charge >= 0.3 is 0 Å². The summed E-state index contributed by atoms with van der Waals surface area (Å²) in [7, 11) is 0. The fourth-order valence-corrected chi connectivity index (χ4v) is 0.718. The second-order valence-electron chi connectivity index (χ2n) is 1.93. The van der Waals surface area contributed by atoms with Crippen molar-refractivity contribution in [3.05, 3.63) is 0 Å². The van der Waals surface area contributed by atoms with Crippen molar-refractivity contribution in [2.45, 2.75) is 12.5 Å². The van der Waals surface area contributed by atoms with Crippen LogP contribution in [-0.2, 0) is 4.79 Å². The van der Waals surface area contributed by atoms with E-state index in [-0.39, 0.29) is 11.9 Å². The van der Waals surface area contributed by atoms with Gasteiger partial charge in [-0.1, -0.05) is 0 Å². The fourth-order valence-electron chi connectivity index (χ4n) is 0.718. The van der Waals surface area contributed by atoms with Gasteiger partial charge in [-0.05, 0) is 0 Å². The maximum atomic E-state index is 10.8. The highest BCUT2D eigenvalue weighted by atomic mass is 16.2. The summed E-state index contributed by atoms with van der Waals surface area (Å²) < 4.78 is 0. The Bertz CT molecular complexity index is 226. The molecule has 1 rings (SSSR count). The first-order valence-corrected chi connectivity index (χ1v) is 2.81. The molecule has 0 radical (unpaired) electrons. The molecule has 4 nitrogen and oxygen atoms in total. The molecule has 1 unspecified atom stereocenters. The van der Waals surface area contributed by atoms with E-state index in [1.165, 1.54) is 0 Å². The van der Waals surface area contributed by atoms with E-state index in [0.717, 1.165) is 0 Å². The predicted molar refractivity (Wildman–Crippen MR) is 37.0 cm³/mol. The minimum atomic E-state index is -0.468. The normalized spacial score (nSPS) is 23.3. The van der Waals surface area contributed by atoms with Crippen molar-refractivity contribution in [1.29, 1.82) is 0 Å². The number of amides is 1. The minimum Gasteiger partial charge on any atom is -0.370 e. The lowest BCUT2D eigenvalue weighted by molar-refractivity contribution is -0.119. The molecule has 0 aromatic carbocycles. The van der Waals surface area contributed by atoms with Gasteiger partial charge in [-0.15, -0.1) is 12.3 Å². The van der Waals surface area contributed by atoms with Gasteiger partial charge in [0, 0.05) is 6.42 Å². The van der Waals surface area contributed by atoms with Gasteiger partial charge in [0.25, 0.3) is 5.91 Å². The molecule has 0 saturated heterocycles. The number of aliphatic imine (C=N–C) groups is 1. The van der Waals surface area contributed by atoms with Crippen molar-refractivity contribution in [1.82, 2.24) is 5.32 Å². The van der Waals surface area contributed by atoms with Gasteiger partial charge in [0.05, 0.1) is 0 Å². The molecule has 1 aliphatic heterocycles. The molecule has 0 fully saturated rings. The lowest BCUT2D eigenvalue weighted by Gasteiger charge is -1.95. The molecule has 1 aliphatic rings. The van der Waals surface area contributed by atoms with E-state index < -0.39 is 6.04 Å². The number of carbonyl (C=O) groups is 1. The van der Waals surface area contributed by atoms with Crippen LogP contribution in [0.4, 0.5) is 0 Å². The van der Waals surface area contributed by atoms with E-state index in [2.05, 4.69) is 16.2 Å². The first-order chi connectivity index (χ1) is 4.74. The van der Waals surface area contributed by atoms with E-state index in [0.29, 0.717) is 6.42 Å². The zero-order valence-electron chi connectivity index (χ0n) is 5.29. The zero-order valence-corrected chi connectivity index (χ0v) is 5.29. The van der Waals surface area contributed by atoms with Crippen LogP contribution in [0.5, 0.6) is 0 Å². The van der Waals surface area contributed by atoms with E-state index >= 15 is 0 Å². The highest BCUT2D eigenvalue weighted by molar-refractivity contribution is 6.04. The largest absolute Gasteiger partial charge is 0.370 e. The van der Waals surface area contributed by atoms with Crippen LogP contribution in [0.2, 0.25) is 0 Å². The van der Waals surface area contributed by atoms with Crippen LogP contribution in [0, 0.1) is 12.3 Å². The smallest absolute Gasteiger partial charge is 0.252 e.